The van der Waals surface area contributed by atoms with E-state index in [1.807, 2.05) is 0 Å². The Morgan fingerprint density at radius 3 is 2.13 bits per heavy atom. The highest BCUT2D eigenvalue weighted by molar-refractivity contribution is 7.47. The number of nitrogens with zero attached hydrogens (tertiary/aromatic N) is 6. The van der Waals surface area contributed by atoms with E-state index in [2.05, 4.69) is 34.4 Å². The van der Waals surface area contributed by atoms with Crippen molar-refractivity contribution in [2.45, 2.75) is 49.7 Å². The number of anilines is 2. The van der Waals surface area contributed by atoms with Gasteiger partial charge in [-0.2, -0.15) is 9.97 Å². The third kappa shape index (κ3) is 6.55. The van der Waals surface area contributed by atoms with Gasteiger partial charge in [0.05, 0.1) is 32.0 Å². The molecule has 7 atom stereocenters. The Morgan fingerprint density at radius 2 is 1.51 bits per heavy atom. The van der Waals surface area contributed by atoms with Gasteiger partial charge in [-0.15, -0.1) is 0 Å². The van der Waals surface area contributed by atoms with Crippen LogP contribution in [-0.4, -0.2) is 96.5 Å². The molecule has 25 heteroatoms. The number of rotatable bonds is 10. The zero-order valence-corrected chi connectivity index (χ0v) is 24.4. The number of nitrogen functional groups attached to an aromatic ring is 2. The molecule has 0 aromatic carbocycles. The number of aromatic nitrogens is 8. The molecule has 45 heavy (non-hydrogen) atoms. The van der Waals surface area contributed by atoms with Crippen molar-refractivity contribution in [2.75, 3.05) is 24.7 Å². The number of aromatic amines is 2. The van der Waals surface area contributed by atoms with Crippen molar-refractivity contribution in [2.24, 2.45) is 0 Å². The highest BCUT2D eigenvalue weighted by Crippen LogP contribution is 2.50. The van der Waals surface area contributed by atoms with Crippen LogP contribution in [0.15, 0.2) is 22.2 Å². The van der Waals surface area contributed by atoms with Crippen LogP contribution >= 0.6 is 15.6 Å². The van der Waals surface area contributed by atoms with Gasteiger partial charge in [0.1, 0.15) is 24.5 Å². The molecule has 10 N–H and O–H groups in total. The number of aliphatic hydroxyl groups is 1. The summed E-state index contributed by atoms with van der Waals surface area (Å²) in [6.45, 7) is -1.29. The molecule has 0 amide bonds. The van der Waals surface area contributed by atoms with Crippen molar-refractivity contribution >= 4 is 49.9 Å². The lowest BCUT2D eigenvalue weighted by molar-refractivity contribution is -0.0555. The van der Waals surface area contributed by atoms with Gasteiger partial charge in [0.15, 0.2) is 28.6 Å². The summed E-state index contributed by atoms with van der Waals surface area (Å²) < 4.78 is 53.5. The van der Waals surface area contributed by atoms with E-state index in [1.165, 1.54) is 21.8 Å². The molecule has 23 nitrogen and oxygen atoms in total. The largest absolute Gasteiger partial charge is 0.472 e. The van der Waals surface area contributed by atoms with E-state index in [4.69, 9.17) is 30.0 Å². The van der Waals surface area contributed by atoms with Gasteiger partial charge in [-0.05, 0) is 0 Å². The highest BCUT2D eigenvalue weighted by atomic mass is 31.2. The molecule has 0 spiro atoms. The van der Waals surface area contributed by atoms with Crippen molar-refractivity contribution < 1.29 is 52.0 Å². The summed E-state index contributed by atoms with van der Waals surface area (Å²) in [6, 6.07) is 0. The molecule has 244 valence electrons. The summed E-state index contributed by atoms with van der Waals surface area (Å²) in [4.78, 5) is 73.7. The lowest BCUT2D eigenvalue weighted by Crippen LogP contribution is -2.28. The van der Waals surface area contributed by atoms with Gasteiger partial charge in [-0.25, -0.2) is 19.1 Å². The van der Waals surface area contributed by atoms with Gasteiger partial charge in [0.2, 0.25) is 11.9 Å². The van der Waals surface area contributed by atoms with Crippen LogP contribution in [0.4, 0.5) is 11.9 Å². The Kier molecular flexibility index (Phi) is 8.12. The summed E-state index contributed by atoms with van der Waals surface area (Å²) in [6.07, 6.45) is -4.69. The van der Waals surface area contributed by atoms with Crippen LogP contribution in [0.3, 0.4) is 0 Å². The van der Waals surface area contributed by atoms with Crippen molar-refractivity contribution in [1.82, 2.24) is 39.0 Å². The number of aliphatic hydroxyl groups excluding tert-OH is 1. The van der Waals surface area contributed by atoms with Crippen molar-refractivity contribution in [3.63, 3.8) is 0 Å². The van der Waals surface area contributed by atoms with E-state index < -0.39 is 76.8 Å². The molecule has 2 aliphatic rings. The lowest BCUT2D eigenvalue weighted by Gasteiger charge is -2.22. The number of H-pyrrole nitrogens is 2. The zero-order valence-electron chi connectivity index (χ0n) is 22.6. The van der Waals surface area contributed by atoms with Crippen molar-refractivity contribution in [3.05, 3.63) is 33.4 Å². The molecule has 0 bridgehead atoms. The van der Waals surface area contributed by atoms with Gasteiger partial charge >= 0.3 is 15.6 Å². The first-order chi connectivity index (χ1) is 21.2. The first-order valence-corrected chi connectivity index (χ1v) is 16.0. The molecule has 4 aromatic rings. The Bertz CT molecular complexity index is 1950. The summed E-state index contributed by atoms with van der Waals surface area (Å²) >= 11 is 0. The SMILES string of the molecule is Nc1nc2c(ncn2C2CC(OP(=O)(O)OCC3CC(O)C(n4cnc5c(=O)[nH]c(N)nc54)O3)C(COP(=O)(O)O)O2)c(=O)[nH]1. The predicted molar refractivity (Wildman–Crippen MR) is 147 cm³/mol. The minimum absolute atomic E-state index is 0.0136. The fraction of sp³-hybridized carbons (Fsp3) is 0.500. The second-order valence-corrected chi connectivity index (χ2v) is 12.7. The van der Waals surface area contributed by atoms with Gasteiger partial charge in [-0.1, -0.05) is 0 Å². The van der Waals surface area contributed by atoms with E-state index in [9.17, 15) is 38.5 Å². The number of fused-ring (bicyclic) bond motifs is 2. The van der Waals surface area contributed by atoms with Crippen LogP contribution < -0.4 is 22.6 Å². The van der Waals surface area contributed by atoms with Gasteiger partial charge < -0.3 is 40.7 Å². The molecular weight excluding hydrogens is 650 g/mol. The minimum Gasteiger partial charge on any atom is -0.388 e. The van der Waals surface area contributed by atoms with Crippen molar-refractivity contribution in [3.8, 4) is 0 Å². The number of nitrogens with two attached hydrogens (primary N) is 2. The molecular formula is C20H26N10O13P2. The van der Waals surface area contributed by atoms with Crippen LogP contribution in [0.5, 0.6) is 0 Å². The highest BCUT2D eigenvalue weighted by Gasteiger charge is 2.44. The normalized spacial score (nSPS) is 27.0. The summed E-state index contributed by atoms with van der Waals surface area (Å²) in [5.41, 5.74) is 9.95. The molecule has 0 radical (unpaired) electrons. The van der Waals surface area contributed by atoms with Crippen LogP contribution in [-0.2, 0) is 32.2 Å². The molecule has 6 heterocycles. The minimum atomic E-state index is -4.98. The molecule has 0 aliphatic carbocycles. The summed E-state index contributed by atoms with van der Waals surface area (Å²) in [5.74, 6) is -0.399. The topological polar surface area (TPSA) is 340 Å². The van der Waals surface area contributed by atoms with E-state index in [0.717, 1.165) is 0 Å². The van der Waals surface area contributed by atoms with E-state index >= 15 is 0 Å². The predicted octanol–water partition coefficient (Wildman–Crippen LogP) is -2.04. The van der Waals surface area contributed by atoms with Gasteiger partial charge in [0.25, 0.3) is 11.1 Å². The molecule has 2 fully saturated rings. The van der Waals surface area contributed by atoms with Gasteiger partial charge in [0, 0.05) is 12.8 Å². The number of imidazole rings is 2. The second-order valence-electron chi connectivity index (χ2n) is 10.1. The maximum Gasteiger partial charge on any atom is 0.472 e. The maximum absolute atomic E-state index is 13.0. The van der Waals surface area contributed by atoms with Crippen LogP contribution in [0, 0.1) is 0 Å². The number of phosphoric acid groups is 2. The van der Waals surface area contributed by atoms with E-state index in [0.29, 0.717) is 0 Å². The van der Waals surface area contributed by atoms with E-state index in [-0.39, 0.29) is 47.1 Å². The molecule has 0 saturated carbocycles. The monoisotopic (exact) mass is 676 g/mol. The number of nitrogens with one attached hydrogen (secondary N) is 2. The fourth-order valence-electron chi connectivity index (χ4n) is 5.05. The van der Waals surface area contributed by atoms with Crippen LogP contribution in [0.2, 0.25) is 0 Å². The number of hydrogen-bond donors (Lipinski definition) is 8. The zero-order chi connectivity index (χ0) is 32.3. The van der Waals surface area contributed by atoms with Crippen LogP contribution in [0.1, 0.15) is 25.3 Å². The molecule has 7 unspecified atom stereocenters. The third-order valence-corrected chi connectivity index (χ3v) is 8.43. The van der Waals surface area contributed by atoms with Crippen molar-refractivity contribution in [1.29, 1.82) is 0 Å². The number of hydrogen-bond acceptors (Lipinski definition) is 16. The lowest BCUT2D eigenvalue weighted by atomic mass is 10.2. The van der Waals surface area contributed by atoms with E-state index in [1.54, 1.807) is 0 Å². The van der Waals surface area contributed by atoms with Gasteiger partial charge in [-0.3, -0.25) is 42.3 Å². The van der Waals surface area contributed by atoms with Crippen LogP contribution in [0.25, 0.3) is 22.3 Å². The Hall–Kier alpha value is -3.60. The summed E-state index contributed by atoms with van der Waals surface area (Å²) in [5, 5.41) is 10.6. The fourth-order valence-corrected chi connectivity index (χ4v) is 6.37. The average Bonchev–Trinajstić information content (AvgIpc) is 3.71. The quantitative estimate of drug-likeness (QED) is 0.0839. The Morgan fingerprint density at radius 1 is 0.911 bits per heavy atom. The Labute approximate surface area is 248 Å². The molecule has 4 aromatic heterocycles. The number of ether oxygens (including phenoxy) is 2. The first-order valence-electron chi connectivity index (χ1n) is 13.0. The smallest absolute Gasteiger partial charge is 0.388 e. The molecule has 2 aliphatic heterocycles. The second kappa shape index (κ2) is 11.6. The average molecular weight is 676 g/mol. The molecule has 6 rings (SSSR count). The standard InChI is InChI=1S/C20H26N10O13P2/c21-19-25-14-12(16(32)27-19)23-5-29(14)11-2-9(10(42-11)4-39-44(34,35)36)43-45(37,38)40-3-7-1-8(31)18(41-7)30-6-24-13-15(30)26-20(22)28-17(13)33/h5-11,18,31H,1-4H2,(H,37,38)(H2,34,35,36)(H3,21,25,27,32)(H3,22,26,28,33). The molecule has 2 saturated heterocycles. The maximum atomic E-state index is 13.0. The summed E-state index contributed by atoms with van der Waals surface area (Å²) in [7, 11) is -9.89. The first kappa shape index (κ1) is 31.4. The number of phosphoric ester groups is 2. The Balaban J connectivity index is 1.14. The third-order valence-electron chi connectivity index (χ3n) is 6.93.